The molecule has 2 fully saturated rings. The highest BCUT2D eigenvalue weighted by atomic mass is 32.1. The second-order valence-electron chi connectivity index (χ2n) is 8.48. The maximum absolute atomic E-state index is 13.2. The number of nitrogens with one attached hydrogen (secondary N) is 1. The zero-order valence-electron chi connectivity index (χ0n) is 16.9. The molecule has 5 nitrogen and oxygen atoms in total. The van der Waals surface area contributed by atoms with Gasteiger partial charge in [-0.2, -0.15) is 0 Å². The van der Waals surface area contributed by atoms with E-state index in [4.69, 9.17) is 0 Å². The first kappa shape index (κ1) is 18.8. The molecule has 2 aromatic heterocycles. The SMILES string of the molecule is Cc1ccc2[nH]c(=O)c3cc(C(=O)N4CCC(N5CCCCC5)CC4)sc3c2c1. The number of piperidine rings is 2. The lowest BCUT2D eigenvalue weighted by Gasteiger charge is -2.40. The van der Waals surface area contributed by atoms with Crippen LogP contribution in [0.5, 0.6) is 0 Å². The van der Waals surface area contributed by atoms with Gasteiger partial charge in [0.05, 0.1) is 10.3 Å². The summed E-state index contributed by atoms with van der Waals surface area (Å²) in [6, 6.07) is 8.44. The molecular formula is C23H27N3O2S. The molecule has 1 N–H and O–H groups in total. The molecule has 0 bridgehead atoms. The minimum absolute atomic E-state index is 0.0727. The van der Waals surface area contributed by atoms with Gasteiger partial charge in [0.15, 0.2) is 0 Å². The van der Waals surface area contributed by atoms with E-state index in [9.17, 15) is 9.59 Å². The highest BCUT2D eigenvalue weighted by Gasteiger charge is 2.29. The standard InChI is InChI=1S/C23H27N3O2S/c1-15-5-6-19-17(13-15)21-18(22(27)24-19)14-20(29-21)23(28)26-11-7-16(8-12-26)25-9-3-2-4-10-25/h5-6,13-14,16H,2-4,7-12H2,1H3,(H,24,27). The van der Waals surface area contributed by atoms with E-state index in [1.807, 2.05) is 24.0 Å². The maximum atomic E-state index is 13.2. The number of pyridine rings is 1. The summed E-state index contributed by atoms with van der Waals surface area (Å²) < 4.78 is 0.916. The molecule has 3 aromatic rings. The van der Waals surface area contributed by atoms with Crippen LogP contribution in [0.25, 0.3) is 21.0 Å². The summed E-state index contributed by atoms with van der Waals surface area (Å²) in [7, 11) is 0. The molecule has 29 heavy (non-hydrogen) atoms. The van der Waals surface area contributed by atoms with Crippen molar-refractivity contribution in [2.75, 3.05) is 26.2 Å². The minimum atomic E-state index is -0.115. The number of aromatic amines is 1. The number of thiophene rings is 1. The molecule has 4 heterocycles. The molecule has 5 rings (SSSR count). The Kier molecular flexibility index (Phi) is 4.92. The van der Waals surface area contributed by atoms with Crippen LogP contribution < -0.4 is 5.56 Å². The number of rotatable bonds is 2. The smallest absolute Gasteiger partial charge is 0.263 e. The number of likely N-dealkylation sites (tertiary alicyclic amines) is 2. The summed E-state index contributed by atoms with van der Waals surface area (Å²) >= 11 is 1.46. The fraction of sp³-hybridized carbons (Fsp3) is 0.478. The lowest BCUT2D eigenvalue weighted by Crippen LogP contribution is -2.48. The van der Waals surface area contributed by atoms with Gasteiger partial charge in [-0.1, -0.05) is 18.1 Å². The van der Waals surface area contributed by atoms with Crippen molar-refractivity contribution >= 4 is 38.2 Å². The first-order valence-corrected chi connectivity index (χ1v) is 11.5. The number of H-pyrrole nitrogens is 1. The Hall–Kier alpha value is -2.18. The van der Waals surface area contributed by atoms with Gasteiger partial charge in [-0.15, -0.1) is 11.3 Å². The van der Waals surface area contributed by atoms with E-state index in [0.717, 1.165) is 47.1 Å². The van der Waals surface area contributed by atoms with Gasteiger partial charge in [-0.25, -0.2) is 0 Å². The Morgan fingerprint density at radius 1 is 1.03 bits per heavy atom. The zero-order chi connectivity index (χ0) is 20.0. The molecule has 2 aliphatic heterocycles. The van der Waals surface area contributed by atoms with Crippen LogP contribution in [0.2, 0.25) is 0 Å². The van der Waals surface area contributed by atoms with Crippen LogP contribution in [0, 0.1) is 6.92 Å². The summed E-state index contributed by atoms with van der Waals surface area (Å²) in [5, 5.41) is 1.65. The van der Waals surface area contributed by atoms with E-state index in [1.54, 1.807) is 6.07 Å². The van der Waals surface area contributed by atoms with Crippen molar-refractivity contribution in [3.63, 3.8) is 0 Å². The highest BCUT2D eigenvalue weighted by molar-refractivity contribution is 7.21. The summed E-state index contributed by atoms with van der Waals surface area (Å²) in [5.74, 6) is 0.0727. The number of carbonyl (C=O) groups excluding carboxylic acids is 1. The molecule has 6 heteroatoms. The molecule has 2 saturated heterocycles. The Morgan fingerprint density at radius 3 is 2.55 bits per heavy atom. The van der Waals surface area contributed by atoms with E-state index in [-0.39, 0.29) is 11.5 Å². The molecule has 0 spiro atoms. The average Bonchev–Trinajstić information content (AvgIpc) is 3.21. The van der Waals surface area contributed by atoms with Crippen LogP contribution >= 0.6 is 11.3 Å². The van der Waals surface area contributed by atoms with E-state index >= 15 is 0 Å². The van der Waals surface area contributed by atoms with Gasteiger partial charge in [0.25, 0.3) is 11.5 Å². The monoisotopic (exact) mass is 409 g/mol. The van der Waals surface area contributed by atoms with Crippen molar-refractivity contribution in [2.24, 2.45) is 0 Å². The van der Waals surface area contributed by atoms with Crippen LogP contribution in [0.4, 0.5) is 0 Å². The van der Waals surface area contributed by atoms with Crippen molar-refractivity contribution in [1.29, 1.82) is 0 Å². The van der Waals surface area contributed by atoms with Gasteiger partial charge in [0, 0.05) is 34.7 Å². The number of hydrogen-bond donors (Lipinski definition) is 1. The van der Waals surface area contributed by atoms with Crippen LogP contribution in [0.3, 0.4) is 0 Å². The van der Waals surface area contributed by atoms with Crippen molar-refractivity contribution in [1.82, 2.24) is 14.8 Å². The summed E-state index contributed by atoms with van der Waals surface area (Å²) in [4.78, 5) is 33.9. The first-order valence-electron chi connectivity index (χ1n) is 10.7. The second-order valence-corrected chi connectivity index (χ2v) is 9.53. The van der Waals surface area contributed by atoms with Gasteiger partial charge in [0.2, 0.25) is 0 Å². The summed E-state index contributed by atoms with van der Waals surface area (Å²) in [5.41, 5.74) is 1.86. The predicted octanol–water partition coefficient (Wildman–Crippen LogP) is 4.14. The Morgan fingerprint density at radius 2 is 1.79 bits per heavy atom. The van der Waals surface area contributed by atoms with E-state index < -0.39 is 0 Å². The van der Waals surface area contributed by atoms with E-state index in [2.05, 4.69) is 16.0 Å². The molecule has 0 saturated carbocycles. The molecular weight excluding hydrogens is 382 g/mol. The van der Waals surface area contributed by atoms with Crippen LogP contribution in [0.1, 0.15) is 47.3 Å². The largest absolute Gasteiger partial charge is 0.338 e. The number of benzene rings is 1. The third-order valence-electron chi connectivity index (χ3n) is 6.51. The van der Waals surface area contributed by atoms with Crippen LogP contribution in [0.15, 0.2) is 29.1 Å². The molecule has 2 aliphatic rings. The van der Waals surface area contributed by atoms with E-state index in [0.29, 0.717) is 16.3 Å². The van der Waals surface area contributed by atoms with Crippen molar-refractivity contribution < 1.29 is 4.79 Å². The van der Waals surface area contributed by atoms with Crippen molar-refractivity contribution in [2.45, 2.75) is 45.1 Å². The lowest BCUT2D eigenvalue weighted by atomic mass is 10.00. The molecule has 0 atom stereocenters. The lowest BCUT2D eigenvalue weighted by molar-refractivity contribution is 0.0594. The maximum Gasteiger partial charge on any atom is 0.263 e. The Balaban J connectivity index is 1.39. The van der Waals surface area contributed by atoms with Gasteiger partial charge in [-0.05, 0) is 63.9 Å². The molecule has 1 amide bonds. The minimum Gasteiger partial charge on any atom is -0.338 e. The van der Waals surface area contributed by atoms with Crippen LogP contribution in [-0.2, 0) is 0 Å². The predicted molar refractivity (Wildman–Crippen MR) is 119 cm³/mol. The third-order valence-corrected chi connectivity index (χ3v) is 7.67. The number of fused-ring (bicyclic) bond motifs is 3. The summed E-state index contributed by atoms with van der Waals surface area (Å²) in [6.45, 7) is 6.09. The number of amides is 1. The van der Waals surface area contributed by atoms with Gasteiger partial charge >= 0.3 is 0 Å². The number of carbonyl (C=O) groups is 1. The van der Waals surface area contributed by atoms with Gasteiger partial charge < -0.3 is 14.8 Å². The number of aryl methyl sites for hydroxylation is 1. The second kappa shape index (κ2) is 7.58. The summed E-state index contributed by atoms with van der Waals surface area (Å²) in [6.07, 6.45) is 6.08. The van der Waals surface area contributed by atoms with Crippen molar-refractivity contribution in [3.05, 3.63) is 45.1 Å². The molecule has 0 aliphatic carbocycles. The third kappa shape index (κ3) is 3.49. The highest BCUT2D eigenvalue weighted by Crippen LogP contribution is 2.31. The molecule has 152 valence electrons. The average molecular weight is 410 g/mol. The van der Waals surface area contributed by atoms with Gasteiger partial charge in [-0.3, -0.25) is 9.59 Å². The molecule has 0 radical (unpaired) electrons. The fourth-order valence-corrected chi connectivity index (χ4v) is 6.04. The molecule has 1 aromatic carbocycles. The normalized spacial score (nSPS) is 19.3. The Labute approximate surface area is 174 Å². The fourth-order valence-electron chi connectivity index (χ4n) is 4.88. The van der Waals surface area contributed by atoms with Crippen LogP contribution in [-0.4, -0.2) is 52.9 Å². The van der Waals surface area contributed by atoms with Crippen molar-refractivity contribution in [3.8, 4) is 0 Å². The zero-order valence-corrected chi connectivity index (χ0v) is 17.7. The van der Waals surface area contributed by atoms with E-state index in [1.165, 1.54) is 43.7 Å². The van der Waals surface area contributed by atoms with Gasteiger partial charge in [0.1, 0.15) is 0 Å². The topological polar surface area (TPSA) is 56.4 Å². The number of hydrogen-bond acceptors (Lipinski definition) is 4. The quantitative estimate of drug-likeness (QED) is 0.692. The molecule has 0 unspecified atom stereocenters. The number of aromatic nitrogens is 1. The Bertz CT molecular complexity index is 1120. The first-order chi connectivity index (χ1) is 14.1. The number of nitrogens with zero attached hydrogens (tertiary/aromatic N) is 2.